The van der Waals surface area contributed by atoms with E-state index in [9.17, 15) is 26.4 Å². The average Bonchev–Trinajstić information content (AvgIpc) is 2.81. The summed E-state index contributed by atoms with van der Waals surface area (Å²) in [7, 11) is -4.81. The van der Waals surface area contributed by atoms with Gasteiger partial charge in [0.25, 0.3) is 5.91 Å². The number of carbonyl (C=O) groups excluding carboxylic acids is 1. The van der Waals surface area contributed by atoms with Gasteiger partial charge in [0.15, 0.2) is 5.75 Å². The summed E-state index contributed by atoms with van der Waals surface area (Å²) in [4.78, 5) is 11.8. The molecule has 0 atom stereocenters. The van der Waals surface area contributed by atoms with E-state index in [4.69, 9.17) is 0 Å². The van der Waals surface area contributed by atoms with Gasteiger partial charge in [0, 0.05) is 6.08 Å². The van der Waals surface area contributed by atoms with Crippen molar-refractivity contribution in [1.82, 2.24) is 4.72 Å². The quantitative estimate of drug-likeness (QED) is 0.302. The van der Waals surface area contributed by atoms with Gasteiger partial charge in [-0.2, -0.15) is 13.2 Å². The van der Waals surface area contributed by atoms with E-state index in [0.29, 0.717) is 5.56 Å². The number of nitrogens with one attached hydrogen (secondary N) is 1. The van der Waals surface area contributed by atoms with Crippen molar-refractivity contribution in [2.75, 3.05) is 5.75 Å². The number of halogens is 3. The Morgan fingerprint density at radius 2 is 1.34 bits per heavy atom. The standard InChI is InChI=1S/C27H24F3NO3S/c1-2-24(21-9-5-3-6-10-21)26(22-11-7-4-8-12-22)23-16-13-20(14-17-23)15-18-25(32)31-35(33,34)19-27(28,29)30/h3-18H,2,19H2,1H3,(H,31,32)/b18-15+,26-24-. The van der Waals surface area contributed by atoms with Gasteiger partial charge in [-0.3, -0.25) is 4.79 Å². The predicted octanol–water partition coefficient (Wildman–Crippen LogP) is 6.08. The molecule has 35 heavy (non-hydrogen) atoms. The van der Waals surface area contributed by atoms with Crippen molar-refractivity contribution < 1.29 is 26.4 Å². The summed E-state index contributed by atoms with van der Waals surface area (Å²) in [5.41, 5.74) is 5.91. The molecule has 0 aliphatic carbocycles. The van der Waals surface area contributed by atoms with Gasteiger partial charge >= 0.3 is 6.18 Å². The molecule has 3 aromatic carbocycles. The number of benzene rings is 3. The Labute approximate surface area is 202 Å². The van der Waals surface area contributed by atoms with Crippen molar-refractivity contribution >= 4 is 33.2 Å². The molecular formula is C27H24F3NO3S. The molecule has 1 N–H and O–H groups in total. The Hall–Kier alpha value is -3.65. The van der Waals surface area contributed by atoms with Crippen LogP contribution in [-0.2, 0) is 14.8 Å². The minimum atomic E-state index is -4.94. The van der Waals surface area contributed by atoms with Crippen molar-refractivity contribution in [3.63, 3.8) is 0 Å². The van der Waals surface area contributed by atoms with Crippen LogP contribution < -0.4 is 4.72 Å². The number of carbonyl (C=O) groups is 1. The molecule has 0 aromatic heterocycles. The van der Waals surface area contributed by atoms with Crippen LogP contribution in [0.3, 0.4) is 0 Å². The third-order valence-corrected chi connectivity index (χ3v) is 6.30. The maximum Gasteiger partial charge on any atom is 0.404 e. The van der Waals surface area contributed by atoms with E-state index < -0.39 is 27.9 Å². The molecule has 8 heteroatoms. The highest BCUT2D eigenvalue weighted by atomic mass is 32.2. The first-order valence-corrected chi connectivity index (χ1v) is 12.5. The molecule has 4 nitrogen and oxygen atoms in total. The second-order valence-electron chi connectivity index (χ2n) is 7.74. The van der Waals surface area contributed by atoms with Gasteiger partial charge in [0.05, 0.1) is 0 Å². The van der Waals surface area contributed by atoms with Crippen molar-refractivity contribution in [1.29, 1.82) is 0 Å². The van der Waals surface area contributed by atoms with Crippen LogP contribution in [-0.4, -0.2) is 26.3 Å². The Bertz CT molecular complexity index is 1310. The minimum Gasteiger partial charge on any atom is -0.269 e. The fourth-order valence-electron chi connectivity index (χ4n) is 3.66. The van der Waals surface area contributed by atoms with Crippen LogP contribution in [0.2, 0.25) is 0 Å². The van der Waals surface area contributed by atoms with E-state index >= 15 is 0 Å². The predicted molar refractivity (Wildman–Crippen MR) is 133 cm³/mol. The maximum atomic E-state index is 12.3. The van der Waals surface area contributed by atoms with Gasteiger partial charge in [0.1, 0.15) is 0 Å². The summed E-state index contributed by atoms with van der Waals surface area (Å²) in [5.74, 6) is -3.27. The first-order chi connectivity index (χ1) is 16.6. The molecule has 3 aromatic rings. The maximum absolute atomic E-state index is 12.3. The highest BCUT2D eigenvalue weighted by Crippen LogP contribution is 2.34. The summed E-state index contributed by atoms with van der Waals surface area (Å²) < 4.78 is 61.2. The number of hydrogen-bond donors (Lipinski definition) is 1. The molecule has 0 aliphatic heterocycles. The molecule has 0 radical (unpaired) electrons. The number of hydrogen-bond acceptors (Lipinski definition) is 3. The molecule has 1 amide bonds. The van der Waals surface area contributed by atoms with Gasteiger partial charge in [-0.05, 0) is 45.9 Å². The van der Waals surface area contributed by atoms with Crippen molar-refractivity contribution in [3.8, 4) is 0 Å². The van der Waals surface area contributed by atoms with Gasteiger partial charge in [0.2, 0.25) is 10.0 Å². The molecule has 0 unspecified atom stereocenters. The normalized spacial score (nSPS) is 12.9. The number of sulfonamides is 1. The third-order valence-electron chi connectivity index (χ3n) is 5.08. The molecule has 0 heterocycles. The highest BCUT2D eigenvalue weighted by molar-refractivity contribution is 7.90. The summed E-state index contributed by atoms with van der Waals surface area (Å²) >= 11 is 0. The summed E-state index contributed by atoms with van der Waals surface area (Å²) in [6, 6.07) is 27.3. The number of amides is 1. The van der Waals surface area contributed by atoms with E-state index in [1.165, 1.54) is 10.8 Å². The molecule has 0 aliphatic rings. The van der Waals surface area contributed by atoms with Gasteiger partial charge in [-0.1, -0.05) is 91.9 Å². The molecular weight excluding hydrogens is 475 g/mol. The first-order valence-electron chi connectivity index (χ1n) is 10.8. The smallest absolute Gasteiger partial charge is 0.269 e. The van der Waals surface area contributed by atoms with E-state index in [0.717, 1.165) is 40.3 Å². The second kappa shape index (κ2) is 11.2. The van der Waals surface area contributed by atoms with Crippen molar-refractivity contribution in [3.05, 3.63) is 113 Å². The largest absolute Gasteiger partial charge is 0.404 e. The monoisotopic (exact) mass is 499 g/mol. The fourth-order valence-corrected chi connectivity index (χ4v) is 4.53. The van der Waals surface area contributed by atoms with E-state index in [-0.39, 0.29) is 0 Å². The molecule has 182 valence electrons. The molecule has 0 bridgehead atoms. The van der Waals surface area contributed by atoms with Gasteiger partial charge < -0.3 is 0 Å². The average molecular weight is 500 g/mol. The number of allylic oxidation sites excluding steroid dienone is 1. The Balaban J connectivity index is 1.88. The van der Waals surface area contributed by atoms with Crippen LogP contribution in [0.25, 0.3) is 17.2 Å². The third kappa shape index (κ3) is 7.68. The molecule has 0 saturated carbocycles. The van der Waals surface area contributed by atoms with Crippen LogP contribution in [0.1, 0.15) is 35.6 Å². The lowest BCUT2D eigenvalue weighted by Gasteiger charge is -2.16. The Kier molecular flexibility index (Phi) is 8.30. The topological polar surface area (TPSA) is 63.2 Å². The van der Waals surface area contributed by atoms with Gasteiger partial charge in [-0.25, -0.2) is 13.1 Å². The lowest BCUT2D eigenvalue weighted by atomic mass is 9.88. The lowest BCUT2D eigenvalue weighted by Crippen LogP contribution is -2.36. The summed E-state index contributed by atoms with van der Waals surface area (Å²) in [6.45, 7) is 2.09. The zero-order valence-corrected chi connectivity index (χ0v) is 19.7. The molecule has 0 fully saturated rings. The van der Waals surface area contributed by atoms with Crippen molar-refractivity contribution in [2.45, 2.75) is 19.5 Å². The second-order valence-corrected chi connectivity index (χ2v) is 9.46. The highest BCUT2D eigenvalue weighted by Gasteiger charge is 2.35. The van der Waals surface area contributed by atoms with Crippen molar-refractivity contribution in [2.24, 2.45) is 0 Å². The summed E-state index contributed by atoms with van der Waals surface area (Å²) in [5, 5.41) is 0. The number of alkyl halides is 3. The molecule has 0 spiro atoms. The lowest BCUT2D eigenvalue weighted by molar-refractivity contribution is -0.115. The minimum absolute atomic E-state index is 0.585. The summed E-state index contributed by atoms with van der Waals surface area (Å²) in [6.07, 6.45) is -1.92. The van der Waals surface area contributed by atoms with E-state index in [1.54, 1.807) is 12.1 Å². The Morgan fingerprint density at radius 1 is 0.829 bits per heavy atom. The van der Waals surface area contributed by atoms with Crippen LogP contribution in [0, 0.1) is 0 Å². The SMILES string of the molecule is CC/C(=C(\c1ccccc1)c1ccc(/C=C/C(=O)NS(=O)(=O)CC(F)(F)F)cc1)c1ccccc1. The van der Waals surface area contributed by atoms with E-state index in [1.807, 2.05) is 60.7 Å². The van der Waals surface area contributed by atoms with Crippen LogP contribution >= 0.6 is 0 Å². The zero-order chi connectivity index (χ0) is 25.5. The van der Waals surface area contributed by atoms with Crippen LogP contribution in [0.15, 0.2) is 91.0 Å². The van der Waals surface area contributed by atoms with E-state index in [2.05, 4.69) is 19.1 Å². The fraction of sp³-hybridized carbons (Fsp3) is 0.148. The molecule has 0 saturated heterocycles. The Morgan fingerprint density at radius 3 is 1.86 bits per heavy atom. The zero-order valence-electron chi connectivity index (χ0n) is 18.9. The molecule has 3 rings (SSSR count). The first kappa shape index (κ1) is 26.0. The van der Waals surface area contributed by atoms with Crippen LogP contribution in [0.5, 0.6) is 0 Å². The number of rotatable bonds is 8. The van der Waals surface area contributed by atoms with Crippen LogP contribution in [0.4, 0.5) is 13.2 Å². The van der Waals surface area contributed by atoms with Gasteiger partial charge in [-0.15, -0.1) is 0 Å².